The number of H-pyrrole nitrogens is 1. The Balaban J connectivity index is 2.60. The van der Waals surface area contributed by atoms with Crippen LogP contribution in [0.2, 0.25) is 0 Å². The lowest BCUT2D eigenvalue weighted by Gasteiger charge is -1.95. The minimum atomic E-state index is 1.26. The van der Waals surface area contributed by atoms with Gasteiger partial charge in [-0.15, -0.1) is 11.3 Å². The fraction of sp³-hybridized carbons (Fsp3) is 0. The van der Waals surface area contributed by atoms with Crippen molar-refractivity contribution in [3.8, 4) is 11.3 Å². The van der Waals surface area contributed by atoms with Crippen LogP contribution in [0.5, 0.6) is 0 Å². The summed E-state index contributed by atoms with van der Waals surface area (Å²) in [5, 5.41) is 3.47. The molecule has 1 aromatic rings. The van der Waals surface area contributed by atoms with Crippen LogP contribution >= 0.6 is 11.3 Å². The molecule has 2 heterocycles. The largest absolute Gasteiger partial charge is 0.361 e. The second kappa shape index (κ2) is 2.11. The Labute approximate surface area is 74.0 Å². The van der Waals surface area contributed by atoms with Crippen LogP contribution in [0.1, 0.15) is 0 Å². The van der Waals surface area contributed by atoms with Gasteiger partial charge < -0.3 is 4.98 Å². The van der Waals surface area contributed by atoms with Gasteiger partial charge in [-0.05, 0) is 23.6 Å². The van der Waals surface area contributed by atoms with Crippen molar-refractivity contribution in [1.82, 2.24) is 4.98 Å². The van der Waals surface area contributed by atoms with E-state index < -0.39 is 0 Å². The molecular weight excluding hydrogens is 166 g/mol. The quantitative estimate of drug-likeness (QED) is 0.536. The van der Waals surface area contributed by atoms with Crippen molar-refractivity contribution in [2.24, 2.45) is 0 Å². The molecule has 0 unspecified atom stereocenters. The number of nitrogens with one attached hydrogen (secondary N) is 1. The van der Waals surface area contributed by atoms with Gasteiger partial charge in [0.05, 0.1) is 5.69 Å². The number of rotatable bonds is 0. The summed E-state index contributed by atoms with van der Waals surface area (Å²) >= 11 is 1.79. The lowest BCUT2D eigenvalue weighted by atomic mass is 10.2. The van der Waals surface area contributed by atoms with E-state index in [1.165, 1.54) is 21.3 Å². The summed E-state index contributed by atoms with van der Waals surface area (Å²) in [5.74, 6) is 0. The van der Waals surface area contributed by atoms with Gasteiger partial charge in [-0.25, -0.2) is 0 Å². The number of hydrogen-bond acceptors (Lipinski definition) is 1. The highest BCUT2D eigenvalue weighted by Gasteiger charge is 2.08. The maximum atomic E-state index is 3.27. The minimum Gasteiger partial charge on any atom is -0.361 e. The fourth-order valence-corrected chi connectivity index (χ4v) is 2.43. The molecule has 1 N–H and O–H groups in total. The Bertz CT molecular complexity index is 491. The van der Waals surface area contributed by atoms with E-state index in [1.807, 2.05) is 12.3 Å². The van der Waals surface area contributed by atoms with Crippen LogP contribution in [-0.4, -0.2) is 4.98 Å². The molecule has 0 saturated carbocycles. The van der Waals surface area contributed by atoms with Crippen LogP contribution < -0.4 is 0 Å². The molecule has 0 amide bonds. The summed E-state index contributed by atoms with van der Waals surface area (Å²) in [5.41, 5.74) is 2.56. The van der Waals surface area contributed by atoms with Crippen LogP contribution in [0.15, 0.2) is 35.8 Å². The third kappa shape index (κ3) is 0.676. The van der Waals surface area contributed by atoms with Gasteiger partial charge in [0.1, 0.15) is 0 Å². The zero-order valence-electron chi connectivity index (χ0n) is 6.37. The van der Waals surface area contributed by atoms with Gasteiger partial charge in [0.25, 0.3) is 0 Å². The van der Waals surface area contributed by atoms with E-state index in [-0.39, 0.29) is 0 Å². The summed E-state index contributed by atoms with van der Waals surface area (Å²) < 4.78 is 1.37. The number of hydrogen-bond donors (Lipinski definition) is 1. The van der Waals surface area contributed by atoms with Crippen molar-refractivity contribution in [3.05, 3.63) is 35.8 Å². The summed E-state index contributed by atoms with van der Waals surface area (Å²) in [6.45, 7) is 0. The molecule has 1 nitrogen and oxygen atoms in total. The summed E-state index contributed by atoms with van der Waals surface area (Å²) in [6, 6.07) is 8.56. The number of fused-ring (bicyclic) bond motifs is 3. The first-order valence-electron chi connectivity index (χ1n) is 3.88. The maximum absolute atomic E-state index is 3.27. The van der Waals surface area contributed by atoms with E-state index in [0.717, 1.165) is 0 Å². The number of pyridine rings is 1. The smallest absolute Gasteiger partial charge is 0.0542 e. The average molecular weight is 173 g/mol. The zero-order chi connectivity index (χ0) is 7.97. The second-order valence-corrected chi connectivity index (χ2v) is 3.79. The van der Waals surface area contributed by atoms with Crippen LogP contribution in [0.25, 0.3) is 21.3 Å². The Hall–Kier alpha value is -1.28. The molecule has 0 aromatic carbocycles. The van der Waals surface area contributed by atoms with E-state index in [2.05, 4.69) is 28.6 Å². The van der Waals surface area contributed by atoms with Gasteiger partial charge in [-0.1, -0.05) is 6.07 Å². The Morgan fingerprint density at radius 3 is 3.25 bits per heavy atom. The molecule has 1 aliphatic heterocycles. The van der Waals surface area contributed by atoms with Crippen molar-refractivity contribution >= 4 is 21.4 Å². The molecule has 3 rings (SSSR count). The highest BCUT2D eigenvalue weighted by Crippen LogP contribution is 2.34. The van der Waals surface area contributed by atoms with Gasteiger partial charge in [0.15, 0.2) is 0 Å². The van der Waals surface area contributed by atoms with Crippen molar-refractivity contribution in [3.63, 3.8) is 0 Å². The molecule has 2 aliphatic rings. The van der Waals surface area contributed by atoms with Crippen molar-refractivity contribution in [2.45, 2.75) is 0 Å². The maximum Gasteiger partial charge on any atom is 0.0542 e. The lowest BCUT2D eigenvalue weighted by molar-refractivity contribution is 1.35. The summed E-state index contributed by atoms with van der Waals surface area (Å²) in [7, 11) is 0. The van der Waals surface area contributed by atoms with E-state index in [1.54, 1.807) is 11.3 Å². The number of thiophene rings is 1. The molecular formula is C10H7NS. The van der Waals surface area contributed by atoms with E-state index in [4.69, 9.17) is 0 Å². The van der Waals surface area contributed by atoms with Gasteiger partial charge in [-0.2, -0.15) is 0 Å². The van der Waals surface area contributed by atoms with Gasteiger partial charge in [-0.3, -0.25) is 0 Å². The molecule has 1 aliphatic carbocycles. The van der Waals surface area contributed by atoms with Crippen LogP contribution in [0.4, 0.5) is 0 Å². The predicted octanol–water partition coefficient (Wildman–Crippen LogP) is 3.33. The molecule has 12 heavy (non-hydrogen) atoms. The lowest BCUT2D eigenvalue weighted by Crippen LogP contribution is -1.76. The summed E-state index contributed by atoms with van der Waals surface area (Å²) in [4.78, 5) is 3.27. The molecule has 0 radical (unpaired) electrons. The average Bonchev–Trinajstić information content (AvgIpc) is 2.62. The molecule has 0 spiro atoms. The minimum absolute atomic E-state index is 1.26. The molecule has 2 heteroatoms. The number of aromatic amines is 1. The molecule has 0 saturated heterocycles. The molecule has 58 valence electrons. The monoisotopic (exact) mass is 173 g/mol. The summed E-state index contributed by atoms with van der Waals surface area (Å²) in [6.07, 6.45) is 1.97. The molecule has 0 fully saturated rings. The third-order valence-corrected chi connectivity index (χ3v) is 3.00. The van der Waals surface area contributed by atoms with Crippen molar-refractivity contribution in [1.29, 1.82) is 0 Å². The first-order valence-corrected chi connectivity index (χ1v) is 4.76. The molecule has 1 aromatic heterocycles. The van der Waals surface area contributed by atoms with Crippen molar-refractivity contribution < 1.29 is 0 Å². The predicted molar refractivity (Wildman–Crippen MR) is 52.8 cm³/mol. The molecule has 0 atom stereocenters. The first-order chi connectivity index (χ1) is 5.95. The first kappa shape index (κ1) is 6.26. The van der Waals surface area contributed by atoms with Gasteiger partial charge in [0, 0.05) is 21.8 Å². The van der Waals surface area contributed by atoms with E-state index in [0.29, 0.717) is 0 Å². The van der Waals surface area contributed by atoms with Crippen LogP contribution in [0, 0.1) is 0 Å². The fourth-order valence-electron chi connectivity index (χ4n) is 1.58. The standard InChI is InChI=1S/C10H7NS/c1-2-7-6-9-8(3-5-12-9)10(7)11-4-1/h1-6,11H. The third-order valence-electron chi connectivity index (χ3n) is 2.14. The Kier molecular flexibility index (Phi) is 1.10. The van der Waals surface area contributed by atoms with Gasteiger partial charge >= 0.3 is 0 Å². The topological polar surface area (TPSA) is 15.8 Å². The van der Waals surface area contributed by atoms with Crippen LogP contribution in [-0.2, 0) is 0 Å². The highest BCUT2D eigenvalue weighted by atomic mass is 32.1. The highest BCUT2D eigenvalue weighted by molar-refractivity contribution is 7.17. The second-order valence-electron chi connectivity index (χ2n) is 2.84. The Morgan fingerprint density at radius 1 is 1.25 bits per heavy atom. The van der Waals surface area contributed by atoms with E-state index in [9.17, 15) is 0 Å². The SMILES string of the molecule is c1c[nH]c2c3ccsc3cc-2c1. The zero-order valence-corrected chi connectivity index (χ0v) is 7.19. The van der Waals surface area contributed by atoms with Crippen LogP contribution in [0.3, 0.4) is 0 Å². The Morgan fingerprint density at radius 2 is 2.25 bits per heavy atom. The van der Waals surface area contributed by atoms with E-state index >= 15 is 0 Å². The molecule has 0 bridgehead atoms. The van der Waals surface area contributed by atoms with Gasteiger partial charge in [0.2, 0.25) is 0 Å². The normalized spacial score (nSPS) is 11.3. The number of aromatic nitrogens is 1. The van der Waals surface area contributed by atoms with Crippen molar-refractivity contribution in [2.75, 3.05) is 0 Å².